The van der Waals surface area contributed by atoms with E-state index in [9.17, 15) is 12.8 Å². The fraction of sp³-hybridized carbons (Fsp3) is 0.500. The van der Waals surface area contributed by atoms with E-state index in [1.807, 2.05) is 0 Å². The minimum absolute atomic E-state index is 0.00541. The second-order valence-electron chi connectivity index (χ2n) is 4.64. The molecule has 1 heterocycles. The smallest absolute Gasteiger partial charge is 0.213 e. The molecular formula is C12H16ClFN2O2S. The van der Waals surface area contributed by atoms with Crippen molar-refractivity contribution in [2.45, 2.75) is 25.4 Å². The molecule has 0 bridgehead atoms. The normalized spacial score (nSPS) is 19.8. The quantitative estimate of drug-likeness (QED) is 0.869. The van der Waals surface area contributed by atoms with E-state index in [-0.39, 0.29) is 23.4 Å². The Hall–Kier alpha value is -0.690. The first kappa shape index (κ1) is 14.7. The van der Waals surface area contributed by atoms with Gasteiger partial charge >= 0.3 is 0 Å². The molecule has 1 aromatic carbocycles. The van der Waals surface area contributed by atoms with Crippen molar-refractivity contribution < 1.29 is 12.8 Å². The summed E-state index contributed by atoms with van der Waals surface area (Å²) in [6, 6.07) is 4.18. The first-order valence-corrected chi connectivity index (χ1v) is 8.14. The molecule has 0 amide bonds. The van der Waals surface area contributed by atoms with Gasteiger partial charge in [0.2, 0.25) is 10.0 Å². The Morgan fingerprint density at radius 2 is 2.26 bits per heavy atom. The fourth-order valence-corrected chi connectivity index (χ4v) is 3.59. The third-order valence-corrected chi connectivity index (χ3v) is 4.78. The minimum Gasteiger partial charge on any atom is -0.313 e. The van der Waals surface area contributed by atoms with Gasteiger partial charge in [-0.25, -0.2) is 17.5 Å². The van der Waals surface area contributed by atoms with E-state index in [0.717, 1.165) is 19.4 Å². The monoisotopic (exact) mass is 306 g/mol. The molecule has 1 saturated heterocycles. The van der Waals surface area contributed by atoms with Gasteiger partial charge in [-0.2, -0.15) is 0 Å². The van der Waals surface area contributed by atoms with E-state index in [1.165, 1.54) is 18.2 Å². The Kier molecular flexibility index (Phi) is 4.78. The van der Waals surface area contributed by atoms with Crippen molar-refractivity contribution in [3.8, 4) is 0 Å². The Morgan fingerprint density at radius 1 is 1.47 bits per heavy atom. The van der Waals surface area contributed by atoms with Crippen molar-refractivity contribution in [1.29, 1.82) is 0 Å². The van der Waals surface area contributed by atoms with Gasteiger partial charge in [-0.3, -0.25) is 0 Å². The maximum Gasteiger partial charge on any atom is 0.213 e. The minimum atomic E-state index is -3.34. The standard InChI is InChI=1S/C12H16ClFN2O2S/c13-11-6-9(3-4-12(11)14)7-16-19(17,18)8-10-2-1-5-15-10/h3-4,6,10,15-16H,1-2,5,7-8H2. The van der Waals surface area contributed by atoms with Gasteiger partial charge in [-0.15, -0.1) is 0 Å². The zero-order chi connectivity index (χ0) is 13.9. The zero-order valence-electron chi connectivity index (χ0n) is 10.3. The summed E-state index contributed by atoms with van der Waals surface area (Å²) < 4.78 is 39.2. The summed E-state index contributed by atoms with van der Waals surface area (Å²) in [5, 5.41) is 3.13. The molecule has 1 aliphatic heterocycles. The van der Waals surface area contributed by atoms with Crippen LogP contribution in [0.3, 0.4) is 0 Å². The van der Waals surface area contributed by atoms with Gasteiger partial charge in [-0.05, 0) is 37.1 Å². The van der Waals surface area contributed by atoms with Gasteiger partial charge in [0.25, 0.3) is 0 Å². The molecule has 0 spiro atoms. The highest BCUT2D eigenvalue weighted by Crippen LogP contribution is 2.16. The lowest BCUT2D eigenvalue weighted by molar-refractivity contribution is 0.563. The summed E-state index contributed by atoms with van der Waals surface area (Å²) >= 11 is 5.64. The Labute approximate surface area is 117 Å². The number of benzene rings is 1. The lowest BCUT2D eigenvalue weighted by Crippen LogP contribution is -2.36. The fourth-order valence-electron chi connectivity index (χ4n) is 2.07. The lowest BCUT2D eigenvalue weighted by atomic mass is 10.2. The van der Waals surface area contributed by atoms with Crippen molar-refractivity contribution >= 4 is 21.6 Å². The average Bonchev–Trinajstić information content (AvgIpc) is 2.83. The van der Waals surface area contributed by atoms with Gasteiger partial charge in [0.15, 0.2) is 0 Å². The molecule has 7 heteroatoms. The van der Waals surface area contributed by atoms with Crippen molar-refractivity contribution in [1.82, 2.24) is 10.0 Å². The van der Waals surface area contributed by atoms with Gasteiger partial charge < -0.3 is 5.32 Å². The number of hydrogen-bond donors (Lipinski definition) is 2. The molecule has 1 aromatic rings. The van der Waals surface area contributed by atoms with E-state index < -0.39 is 15.8 Å². The van der Waals surface area contributed by atoms with Crippen LogP contribution in [0.2, 0.25) is 5.02 Å². The zero-order valence-corrected chi connectivity index (χ0v) is 11.9. The van der Waals surface area contributed by atoms with Crippen LogP contribution in [0.1, 0.15) is 18.4 Å². The van der Waals surface area contributed by atoms with Crippen LogP contribution in [0.5, 0.6) is 0 Å². The number of halogens is 2. The molecule has 2 N–H and O–H groups in total. The first-order chi connectivity index (χ1) is 8.96. The molecule has 2 rings (SSSR count). The molecule has 4 nitrogen and oxygen atoms in total. The van der Waals surface area contributed by atoms with Crippen molar-refractivity contribution in [2.24, 2.45) is 0 Å². The molecule has 0 radical (unpaired) electrons. The van der Waals surface area contributed by atoms with Crippen LogP contribution in [0.25, 0.3) is 0 Å². The molecular weight excluding hydrogens is 291 g/mol. The third-order valence-electron chi connectivity index (χ3n) is 3.06. The molecule has 0 aliphatic carbocycles. The van der Waals surface area contributed by atoms with Crippen molar-refractivity contribution in [3.63, 3.8) is 0 Å². The number of hydrogen-bond acceptors (Lipinski definition) is 3. The maximum atomic E-state index is 13.0. The van der Waals surface area contributed by atoms with Crippen LogP contribution >= 0.6 is 11.6 Å². The van der Waals surface area contributed by atoms with E-state index in [1.54, 1.807) is 0 Å². The van der Waals surface area contributed by atoms with Gasteiger partial charge in [-0.1, -0.05) is 17.7 Å². The highest BCUT2D eigenvalue weighted by molar-refractivity contribution is 7.89. The lowest BCUT2D eigenvalue weighted by Gasteiger charge is -2.12. The van der Waals surface area contributed by atoms with Crippen LogP contribution in [0, 0.1) is 5.82 Å². The van der Waals surface area contributed by atoms with E-state index in [0.29, 0.717) is 5.56 Å². The summed E-state index contributed by atoms with van der Waals surface area (Å²) in [5.41, 5.74) is 0.634. The molecule has 1 unspecified atom stereocenters. The van der Waals surface area contributed by atoms with Crippen LogP contribution in [-0.2, 0) is 16.6 Å². The largest absolute Gasteiger partial charge is 0.313 e. The summed E-state index contributed by atoms with van der Waals surface area (Å²) in [7, 11) is -3.34. The molecule has 106 valence electrons. The van der Waals surface area contributed by atoms with Gasteiger partial charge in [0.1, 0.15) is 5.82 Å². The van der Waals surface area contributed by atoms with Crippen molar-refractivity contribution in [3.05, 3.63) is 34.6 Å². The van der Waals surface area contributed by atoms with Gasteiger partial charge in [0.05, 0.1) is 10.8 Å². The second-order valence-corrected chi connectivity index (χ2v) is 6.90. The average molecular weight is 307 g/mol. The maximum absolute atomic E-state index is 13.0. The van der Waals surface area contributed by atoms with Crippen LogP contribution in [0.15, 0.2) is 18.2 Å². The molecule has 19 heavy (non-hydrogen) atoms. The van der Waals surface area contributed by atoms with Gasteiger partial charge in [0, 0.05) is 12.6 Å². The Morgan fingerprint density at radius 3 is 2.89 bits per heavy atom. The number of rotatable bonds is 5. The topological polar surface area (TPSA) is 58.2 Å². The van der Waals surface area contributed by atoms with Crippen LogP contribution in [-0.4, -0.2) is 26.8 Å². The molecule has 1 fully saturated rings. The Bertz CT molecular complexity index is 545. The van der Waals surface area contributed by atoms with Crippen LogP contribution in [0.4, 0.5) is 4.39 Å². The highest BCUT2D eigenvalue weighted by atomic mass is 35.5. The Balaban J connectivity index is 1.91. The second kappa shape index (κ2) is 6.17. The molecule has 1 aliphatic rings. The number of sulfonamides is 1. The van der Waals surface area contributed by atoms with E-state index in [2.05, 4.69) is 10.0 Å². The molecule has 0 aromatic heterocycles. The SMILES string of the molecule is O=S(=O)(CC1CCCN1)NCc1ccc(F)c(Cl)c1. The predicted molar refractivity (Wildman–Crippen MR) is 73.1 cm³/mol. The first-order valence-electron chi connectivity index (χ1n) is 6.11. The highest BCUT2D eigenvalue weighted by Gasteiger charge is 2.21. The van der Waals surface area contributed by atoms with E-state index >= 15 is 0 Å². The summed E-state index contributed by atoms with van der Waals surface area (Å²) in [5.74, 6) is -0.439. The molecule has 1 atom stereocenters. The molecule has 0 saturated carbocycles. The summed E-state index contributed by atoms with van der Waals surface area (Å²) in [4.78, 5) is 0. The summed E-state index contributed by atoms with van der Waals surface area (Å²) in [6.07, 6.45) is 1.89. The predicted octanol–water partition coefficient (Wildman–Crippen LogP) is 1.65. The van der Waals surface area contributed by atoms with E-state index in [4.69, 9.17) is 11.6 Å². The van der Waals surface area contributed by atoms with Crippen molar-refractivity contribution in [2.75, 3.05) is 12.3 Å². The number of nitrogens with one attached hydrogen (secondary N) is 2. The third kappa shape index (κ3) is 4.42. The van der Waals surface area contributed by atoms with Crippen LogP contribution < -0.4 is 10.0 Å². The summed E-state index contributed by atoms with van der Waals surface area (Å²) in [6.45, 7) is 0.989.